The third-order valence-corrected chi connectivity index (χ3v) is 6.19. The predicted octanol–water partition coefficient (Wildman–Crippen LogP) is 2.88. The number of nitrogen functional groups attached to an aromatic ring is 2. The van der Waals surface area contributed by atoms with Crippen molar-refractivity contribution in [2.75, 3.05) is 32.2 Å². The number of carbonyl (C=O) groups excluding carboxylic acids is 2. The molecule has 0 fully saturated rings. The fourth-order valence-corrected chi connectivity index (χ4v) is 3.79. The summed E-state index contributed by atoms with van der Waals surface area (Å²) in [5, 5.41) is 18.3. The molecule has 3 aromatic rings. The molecule has 7 N–H and O–H groups in total. The van der Waals surface area contributed by atoms with Gasteiger partial charge in [0.05, 0.1) is 17.3 Å². The van der Waals surface area contributed by atoms with Gasteiger partial charge in [-0.15, -0.1) is 0 Å². The standard InChI is InChI=1S/C15H20N4O2.C9H11BrN2O/c1-10-12(4-5-13(16)14(10)15(21)17-2)11-8-18-19(9-11)6-3-7-20;1-5-6(10)3-4-7(11)8(5)9(13)12-2/h4-5,8-9,20H,3,6-7,16H2,1-2H3,(H,17,21);3-4H,11H2,1-2H3,(H,12,13). The number of anilines is 2. The van der Waals surface area contributed by atoms with Crippen LogP contribution in [0.25, 0.3) is 11.1 Å². The Morgan fingerprint density at radius 2 is 1.56 bits per heavy atom. The molecule has 0 bridgehead atoms. The lowest BCUT2D eigenvalue weighted by atomic mass is 9.96. The van der Waals surface area contributed by atoms with E-state index < -0.39 is 0 Å². The fourth-order valence-electron chi connectivity index (χ4n) is 3.46. The van der Waals surface area contributed by atoms with Crippen molar-refractivity contribution in [3.63, 3.8) is 0 Å². The monoisotopic (exact) mass is 530 g/mol. The van der Waals surface area contributed by atoms with E-state index in [2.05, 4.69) is 31.7 Å². The molecule has 0 aliphatic rings. The Morgan fingerprint density at radius 1 is 1.00 bits per heavy atom. The molecule has 0 saturated carbocycles. The van der Waals surface area contributed by atoms with E-state index in [0.717, 1.165) is 26.7 Å². The van der Waals surface area contributed by atoms with Crippen molar-refractivity contribution in [2.24, 2.45) is 0 Å². The summed E-state index contributed by atoms with van der Waals surface area (Å²) in [4.78, 5) is 23.3. The van der Waals surface area contributed by atoms with E-state index in [9.17, 15) is 9.59 Å². The van der Waals surface area contributed by atoms with Crippen LogP contribution in [0.15, 0.2) is 41.1 Å². The number of amides is 2. The molecule has 1 aromatic heterocycles. The minimum atomic E-state index is -0.195. The number of aliphatic hydroxyl groups is 1. The van der Waals surface area contributed by atoms with Gasteiger partial charge in [-0.25, -0.2) is 0 Å². The summed E-state index contributed by atoms with van der Waals surface area (Å²) in [6.45, 7) is 4.52. The van der Waals surface area contributed by atoms with Crippen molar-refractivity contribution >= 4 is 39.1 Å². The first-order chi connectivity index (χ1) is 16.2. The number of hydrogen-bond donors (Lipinski definition) is 5. The van der Waals surface area contributed by atoms with E-state index in [0.29, 0.717) is 35.5 Å². The minimum absolute atomic E-state index is 0.136. The Morgan fingerprint density at radius 3 is 2.12 bits per heavy atom. The molecule has 0 saturated heterocycles. The second kappa shape index (κ2) is 12.2. The summed E-state index contributed by atoms with van der Waals surface area (Å²) in [7, 11) is 3.17. The topological polar surface area (TPSA) is 148 Å². The summed E-state index contributed by atoms with van der Waals surface area (Å²) in [5.41, 5.74) is 17.1. The van der Waals surface area contributed by atoms with E-state index in [1.54, 1.807) is 37.1 Å². The van der Waals surface area contributed by atoms with Gasteiger partial charge in [-0.1, -0.05) is 22.0 Å². The lowest BCUT2D eigenvalue weighted by Crippen LogP contribution is -2.20. The van der Waals surface area contributed by atoms with Gasteiger partial charge in [0.25, 0.3) is 11.8 Å². The van der Waals surface area contributed by atoms with E-state index in [4.69, 9.17) is 16.6 Å². The molecule has 10 heteroatoms. The van der Waals surface area contributed by atoms with Gasteiger partial charge in [-0.2, -0.15) is 5.10 Å². The van der Waals surface area contributed by atoms with Gasteiger partial charge >= 0.3 is 0 Å². The maximum absolute atomic E-state index is 11.9. The number of nitrogens with zero attached hydrogens (tertiary/aromatic N) is 2. The number of benzene rings is 2. The lowest BCUT2D eigenvalue weighted by Gasteiger charge is -2.12. The van der Waals surface area contributed by atoms with Crippen LogP contribution >= 0.6 is 15.9 Å². The first kappa shape index (κ1) is 26.9. The molecule has 0 radical (unpaired) electrons. The smallest absolute Gasteiger partial charge is 0.253 e. The van der Waals surface area contributed by atoms with Crippen LogP contribution in [-0.2, 0) is 6.54 Å². The summed E-state index contributed by atoms with van der Waals surface area (Å²) >= 11 is 3.34. The Balaban J connectivity index is 0.000000270. The molecule has 2 aromatic carbocycles. The minimum Gasteiger partial charge on any atom is -0.398 e. The van der Waals surface area contributed by atoms with Crippen LogP contribution in [0, 0.1) is 13.8 Å². The Hall–Kier alpha value is -3.37. The summed E-state index contributed by atoms with van der Waals surface area (Å²) in [5.74, 6) is -0.351. The number of carbonyl (C=O) groups is 2. The number of nitrogens with two attached hydrogens (primary N) is 2. The zero-order valence-electron chi connectivity index (χ0n) is 19.8. The molecule has 34 heavy (non-hydrogen) atoms. The van der Waals surface area contributed by atoms with E-state index in [1.165, 1.54) is 0 Å². The average Bonchev–Trinajstić information content (AvgIpc) is 3.29. The fraction of sp³-hybridized carbons (Fsp3) is 0.292. The first-order valence-electron chi connectivity index (χ1n) is 10.7. The van der Waals surface area contributed by atoms with Crippen molar-refractivity contribution in [3.8, 4) is 11.1 Å². The van der Waals surface area contributed by atoms with Crippen LogP contribution in [0.5, 0.6) is 0 Å². The molecule has 0 aliphatic carbocycles. The van der Waals surface area contributed by atoms with E-state index >= 15 is 0 Å². The Kier molecular flexibility index (Phi) is 9.64. The largest absolute Gasteiger partial charge is 0.398 e. The number of nitrogens with one attached hydrogen (secondary N) is 2. The SMILES string of the molecule is CNC(=O)c1c(N)ccc(-c2cnn(CCCO)c2)c1C.CNC(=O)c1c(N)ccc(Br)c1C. The lowest BCUT2D eigenvalue weighted by molar-refractivity contribution is 0.0955. The quantitative estimate of drug-likeness (QED) is 0.309. The van der Waals surface area contributed by atoms with Gasteiger partial charge in [0, 0.05) is 54.9 Å². The van der Waals surface area contributed by atoms with Crippen molar-refractivity contribution in [1.82, 2.24) is 20.4 Å². The van der Waals surface area contributed by atoms with E-state index in [-0.39, 0.29) is 18.4 Å². The Labute approximate surface area is 207 Å². The van der Waals surface area contributed by atoms with E-state index in [1.807, 2.05) is 32.2 Å². The van der Waals surface area contributed by atoms with Gasteiger partial charge in [0.15, 0.2) is 0 Å². The molecule has 182 valence electrons. The second-order valence-electron chi connectivity index (χ2n) is 7.57. The molecule has 0 atom stereocenters. The van der Waals surface area contributed by atoms with Gasteiger partial charge in [-0.05, 0) is 55.2 Å². The average molecular weight is 531 g/mol. The number of aliphatic hydroxyl groups excluding tert-OH is 1. The molecule has 0 unspecified atom stereocenters. The molecule has 9 nitrogen and oxygen atoms in total. The highest BCUT2D eigenvalue weighted by atomic mass is 79.9. The van der Waals surface area contributed by atoms with Crippen LogP contribution in [0.3, 0.4) is 0 Å². The summed E-state index contributed by atoms with van der Waals surface area (Å²) in [6.07, 6.45) is 4.32. The van der Waals surface area contributed by atoms with Gasteiger partial charge in [0.1, 0.15) is 0 Å². The van der Waals surface area contributed by atoms with Crippen molar-refractivity contribution in [3.05, 3.63) is 63.4 Å². The molecular formula is C24H31BrN6O3. The molecule has 0 aliphatic heterocycles. The van der Waals surface area contributed by atoms with Crippen molar-refractivity contribution in [2.45, 2.75) is 26.8 Å². The molecule has 2 amide bonds. The molecule has 0 spiro atoms. The van der Waals surface area contributed by atoms with Crippen molar-refractivity contribution in [1.29, 1.82) is 0 Å². The van der Waals surface area contributed by atoms with Crippen LogP contribution in [-0.4, -0.2) is 47.4 Å². The Bertz CT molecular complexity index is 1180. The first-order valence-corrected chi connectivity index (χ1v) is 11.5. The number of aromatic nitrogens is 2. The predicted molar refractivity (Wildman–Crippen MR) is 139 cm³/mol. The highest BCUT2D eigenvalue weighted by Crippen LogP contribution is 2.29. The number of rotatable bonds is 6. The zero-order chi connectivity index (χ0) is 25.4. The summed E-state index contributed by atoms with van der Waals surface area (Å²) in [6, 6.07) is 7.17. The van der Waals surface area contributed by atoms with Gasteiger partial charge in [-0.3, -0.25) is 14.3 Å². The highest BCUT2D eigenvalue weighted by Gasteiger charge is 2.16. The zero-order valence-corrected chi connectivity index (χ0v) is 21.4. The van der Waals surface area contributed by atoms with Gasteiger partial charge in [0.2, 0.25) is 0 Å². The number of halogens is 1. The third kappa shape index (κ3) is 6.15. The summed E-state index contributed by atoms with van der Waals surface area (Å²) < 4.78 is 2.67. The van der Waals surface area contributed by atoms with Crippen molar-refractivity contribution < 1.29 is 14.7 Å². The van der Waals surface area contributed by atoms with Crippen LogP contribution in [0.1, 0.15) is 38.3 Å². The highest BCUT2D eigenvalue weighted by molar-refractivity contribution is 9.10. The number of hydrogen-bond acceptors (Lipinski definition) is 6. The normalized spacial score (nSPS) is 10.3. The second-order valence-corrected chi connectivity index (χ2v) is 8.42. The van der Waals surface area contributed by atoms with Crippen LogP contribution in [0.4, 0.5) is 11.4 Å². The van der Waals surface area contributed by atoms with Gasteiger partial charge < -0.3 is 27.2 Å². The molecular weight excluding hydrogens is 500 g/mol. The maximum Gasteiger partial charge on any atom is 0.253 e. The van der Waals surface area contributed by atoms with Crippen LogP contribution < -0.4 is 22.1 Å². The van der Waals surface area contributed by atoms with Crippen LogP contribution in [0.2, 0.25) is 0 Å². The maximum atomic E-state index is 11.9. The third-order valence-electron chi connectivity index (χ3n) is 5.33. The molecule has 1 heterocycles. The molecule has 3 rings (SSSR count). The number of aryl methyl sites for hydroxylation is 1.